The molecule has 0 heterocycles. The topological polar surface area (TPSA) is 93.6 Å². The molecule has 0 saturated heterocycles. The van der Waals surface area contributed by atoms with Crippen LogP contribution in [-0.2, 0) is 0 Å². The number of benzene rings is 1. The molecule has 94 valence electrons. The smallest absolute Gasteiger partial charge is 0.147 e. The Kier molecular flexibility index (Phi) is 4.86. The Hall–Kier alpha value is -1.66. The van der Waals surface area contributed by atoms with Crippen molar-refractivity contribution in [2.45, 2.75) is 0 Å². The van der Waals surface area contributed by atoms with E-state index < -0.39 is 5.82 Å². The third kappa shape index (κ3) is 3.40. The lowest BCUT2D eigenvalue weighted by atomic mass is 10.1. The van der Waals surface area contributed by atoms with Gasteiger partial charge in [0.05, 0.1) is 18.9 Å². The van der Waals surface area contributed by atoms with Crippen molar-refractivity contribution < 1.29 is 14.6 Å². The summed E-state index contributed by atoms with van der Waals surface area (Å²) in [6.45, 7) is 0.204. The number of nitrogen functional groups attached to an aromatic ring is 1. The molecule has 0 saturated carbocycles. The van der Waals surface area contributed by atoms with Crippen molar-refractivity contribution in [2.75, 3.05) is 31.2 Å². The van der Waals surface area contributed by atoms with E-state index in [0.717, 1.165) is 0 Å². The van der Waals surface area contributed by atoms with Crippen molar-refractivity contribution in [1.82, 2.24) is 0 Å². The predicted molar refractivity (Wildman–Crippen MR) is 63.8 cm³/mol. The summed E-state index contributed by atoms with van der Waals surface area (Å²) in [5, 5.41) is 24.9. The van der Waals surface area contributed by atoms with Crippen molar-refractivity contribution >= 4 is 11.5 Å². The number of nitrogens with two attached hydrogens (primary N) is 1. The average molecular weight is 241 g/mol. The van der Waals surface area contributed by atoms with Crippen LogP contribution in [0.25, 0.3) is 0 Å². The summed E-state index contributed by atoms with van der Waals surface area (Å²) in [5.74, 6) is -0.731. The highest BCUT2D eigenvalue weighted by atomic mass is 19.1. The number of aliphatic hydroxyl groups excluding tert-OH is 2. The molecule has 0 radical (unpaired) electrons. The maximum Gasteiger partial charge on any atom is 0.147 e. The Labute approximate surface area is 98.8 Å². The molecular formula is C11H16FN3O2. The summed E-state index contributed by atoms with van der Waals surface area (Å²) in [6, 6.07) is 4.18. The molecule has 0 amide bonds. The first-order chi connectivity index (χ1) is 8.10. The second kappa shape index (κ2) is 6.17. The van der Waals surface area contributed by atoms with Crippen molar-refractivity contribution in [3.8, 4) is 0 Å². The zero-order valence-electron chi connectivity index (χ0n) is 9.36. The molecule has 0 spiro atoms. The Morgan fingerprint density at radius 2 is 1.88 bits per heavy atom. The van der Waals surface area contributed by atoms with E-state index in [-0.39, 0.29) is 37.8 Å². The molecule has 0 aromatic heterocycles. The van der Waals surface area contributed by atoms with E-state index in [1.165, 1.54) is 23.1 Å². The van der Waals surface area contributed by atoms with Gasteiger partial charge in [-0.1, -0.05) is 0 Å². The van der Waals surface area contributed by atoms with Crippen LogP contribution in [0.4, 0.5) is 10.1 Å². The number of rotatable bonds is 6. The Bertz CT molecular complexity index is 392. The normalized spacial score (nSPS) is 10.3. The number of nitrogens with zero attached hydrogens (tertiary/aromatic N) is 1. The molecule has 0 unspecified atom stereocenters. The van der Waals surface area contributed by atoms with E-state index in [9.17, 15) is 4.39 Å². The quantitative estimate of drug-likeness (QED) is 0.413. The minimum Gasteiger partial charge on any atom is -0.395 e. The molecule has 1 aromatic rings. The van der Waals surface area contributed by atoms with Crippen LogP contribution >= 0.6 is 0 Å². The number of nitrogens with one attached hydrogen (secondary N) is 1. The van der Waals surface area contributed by atoms with E-state index in [1.807, 2.05) is 0 Å². The Morgan fingerprint density at radius 1 is 1.29 bits per heavy atom. The van der Waals surface area contributed by atoms with Gasteiger partial charge in [-0.3, -0.25) is 5.41 Å². The van der Waals surface area contributed by atoms with Crippen molar-refractivity contribution in [1.29, 1.82) is 5.41 Å². The van der Waals surface area contributed by atoms with Crippen LogP contribution in [0.15, 0.2) is 18.2 Å². The Balaban J connectivity index is 2.99. The molecule has 0 atom stereocenters. The minimum atomic E-state index is -0.528. The molecule has 0 fully saturated rings. The third-order valence-electron chi connectivity index (χ3n) is 2.34. The number of hydrogen-bond acceptors (Lipinski definition) is 4. The Morgan fingerprint density at radius 3 is 2.29 bits per heavy atom. The van der Waals surface area contributed by atoms with Crippen LogP contribution in [0.2, 0.25) is 0 Å². The summed E-state index contributed by atoms with van der Waals surface area (Å²) in [5.41, 5.74) is 5.83. The van der Waals surface area contributed by atoms with Gasteiger partial charge in [0, 0.05) is 18.7 Å². The van der Waals surface area contributed by atoms with Gasteiger partial charge in [-0.25, -0.2) is 4.39 Å². The molecule has 1 rings (SSSR count). The predicted octanol–water partition coefficient (Wildman–Crippen LogP) is -0.0992. The summed E-state index contributed by atoms with van der Waals surface area (Å²) >= 11 is 0. The lowest BCUT2D eigenvalue weighted by Crippen LogP contribution is -2.30. The maximum absolute atomic E-state index is 13.8. The van der Waals surface area contributed by atoms with Gasteiger partial charge < -0.3 is 20.8 Å². The molecule has 0 aliphatic rings. The monoisotopic (exact) mass is 241 g/mol. The summed E-state index contributed by atoms with van der Waals surface area (Å²) < 4.78 is 13.8. The molecule has 5 N–H and O–H groups in total. The zero-order valence-corrected chi connectivity index (χ0v) is 9.36. The van der Waals surface area contributed by atoms with Crippen molar-refractivity contribution in [2.24, 2.45) is 5.73 Å². The first kappa shape index (κ1) is 13.4. The largest absolute Gasteiger partial charge is 0.395 e. The van der Waals surface area contributed by atoms with Gasteiger partial charge in [-0.05, 0) is 18.2 Å². The van der Waals surface area contributed by atoms with E-state index in [0.29, 0.717) is 5.56 Å². The summed E-state index contributed by atoms with van der Waals surface area (Å²) in [4.78, 5) is 1.53. The van der Waals surface area contributed by atoms with E-state index in [2.05, 4.69) is 0 Å². The molecule has 0 bridgehead atoms. The fourth-order valence-corrected chi connectivity index (χ4v) is 1.53. The molecule has 5 nitrogen and oxygen atoms in total. The van der Waals surface area contributed by atoms with Gasteiger partial charge in [-0.15, -0.1) is 0 Å². The van der Waals surface area contributed by atoms with Crippen molar-refractivity contribution in [3.05, 3.63) is 29.6 Å². The maximum atomic E-state index is 13.8. The molecular weight excluding hydrogens is 225 g/mol. The van der Waals surface area contributed by atoms with Crippen molar-refractivity contribution in [3.63, 3.8) is 0 Å². The van der Waals surface area contributed by atoms with Gasteiger partial charge in [0.2, 0.25) is 0 Å². The van der Waals surface area contributed by atoms with Gasteiger partial charge in [0.25, 0.3) is 0 Å². The molecule has 0 aliphatic carbocycles. The van der Waals surface area contributed by atoms with Crippen LogP contribution < -0.4 is 10.6 Å². The second-order valence-electron chi connectivity index (χ2n) is 3.51. The summed E-state index contributed by atoms with van der Waals surface area (Å²) in [6.07, 6.45) is 0. The highest BCUT2D eigenvalue weighted by molar-refractivity contribution is 5.95. The molecule has 6 heteroatoms. The van der Waals surface area contributed by atoms with Crippen LogP contribution in [-0.4, -0.2) is 42.4 Å². The number of aliphatic hydroxyl groups is 2. The molecule has 0 aliphatic heterocycles. The van der Waals surface area contributed by atoms with Gasteiger partial charge >= 0.3 is 0 Å². The highest BCUT2D eigenvalue weighted by Gasteiger charge is 2.12. The van der Waals surface area contributed by atoms with Crippen LogP contribution in [0, 0.1) is 11.2 Å². The standard InChI is InChI=1S/C11H16FN3O2/c12-9-7-8(11(13)14)1-2-10(9)15(3-5-16)4-6-17/h1-2,7,16-17H,3-6H2,(H3,13,14). The molecule has 1 aromatic carbocycles. The van der Waals surface area contributed by atoms with Gasteiger partial charge in [0.15, 0.2) is 0 Å². The SMILES string of the molecule is N=C(N)c1ccc(N(CCO)CCO)c(F)c1. The number of hydrogen-bond donors (Lipinski definition) is 4. The second-order valence-corrected chi connectivity index (χ2v) is 3.51. The number of halogens is 1. The number of anilines is 1. The van der Waals surface area contributed by atoms with Crippen LogP contribution in [0.3, 0.4) is 0 Å². The minimum absolute atomic E-state index is 0.131. The lowest BCUT2D eigenvalue weighted by molar-refractivity contribution is 0.280. The molecule has 17 heavy (non-hydrogen) atoms. The number of amidine groups is 1. The first-order valence-electron chi connectivity index (χ1n) is 5.20. The van der Waals surface area contributed by atoms with Crippen LogP contribution in [0.1, 0.15) is 5.56 Å². The zero-order chi connectivity index (χ0) is 12.8. The first-order valence-corrected chi connectivity index (χ1v) is 5.20. The fraction of sp³-hybridized carbons (Fsp3) is 0.364. The third-order valence-corrected chi connectivity index (χ3v) is 2.34. The lowest BCUT2D eigenvalue weighted by Gasteiger charge is -2.23. The van der Waals surface area contributed by atoms with Gasteiger partial charge in [0.1, 0.15) is 11.7 Å². The van der Waals surface area contributed by atoms with E-state index in [1.54, 1.807) is 0 Å². The van der Waals surface area contributed by atoms with Gasteiger partial charge in [-0.2, -0.15) is 0 Å². The fourth-order valence-electron chi connectivity index (χ4n) is 1.53. The van der Waals surface area contributed by atoms with Crippen LogP contribution in [0.5, 0.6) is 0 Å². The average Bonchev–Trinajstić information content (AvgIpc) is 2.28. The van der Waals surface area contributed by atoms with E-state index in [4.69, 9.17) is 21.4 Å². The van der Waals surface area contributed by atoms with E-state index >= 15 is 0 Å². The summed E-state index contributed by atoms with van der Waals surface area (Å²) in [7, 11) is 0. The highest BCUT2D eigenvalue weighted by Crippen LogP contribution is 2.20.